The second-order valence-electron chi connectivity index (χ2n) is 5.80. The summed E-state index contributed by atoms with van der Waals surface area (Å²) in [5.41, 5.74) is 2.13. The molecule has 1 aromatic rings. The minimum absolute atomic E-state index is 0.122. The Hall–Kier alpha value is -1.44. The lowest BCUT2D eigenvalue weighted by Gasteiger charge is -2.28. The number of rotatable bonds is 4. The van der Waals surface area contributed by atoms with Crippen LogP contribution in [0.15, 0.2) is 24.3 Å². The molecule has 1 aromatic carbocycles. The van der Waals surface area contributed by atoms with Gasteiger partial charge < -0.3 is 4.79 Å². The predicted octanol–water partition coefficient (Wildman–Crippen LogP) is 4.14. The smallest absolute Gasteiger partial charge is 0.159 e. The Balaban J connectivity index is 1.94. The molecule has 0 unspecified atom stereocenters. The van der Waals surface area contributed by atoms with Crippen molar-refractivity contribution in [3.8, 4) is 0 Å². The van der Waals surface area contributed by atoms with Crippen LogP contribution >= 0.6 is 0 Å². The summed E-state index contributed by atoms with van der Waals surface area (Å²) in [6, 6.07) is 8.04. The van der Waals surface area contributed by atoms with Crippen LogP contribution in [0.2, 0.25) is 0 Å². The number of ketones is 2. The first-order valence-electron chi connectivity index (χ1n) is 7.16. The third-order valence-corrected chi connectivity index (χ3v) is 4.21. The van der Waals surface area contributed by atoms with Crippen LogP contribution in [0.5, 0.6) is 0 Å². The van der Waals surface area contributed by atoms with Gasteiger partial charge in [0.25, 0.3) is 0 Å². The average molecular weight is 258 g/mol. The van der Waals surface area contributed by atoms with Gasteiger partial charge in [0, 0.05) is 12.0 Å². The zero-order valence-corrected chi connectivity index (χ0v) is 11.8. The topological polar surface area (TPSA) is 34.1 Å². The first-order valence-corrected chi connectivity index (χ1v) is 7.16. The SMILES string of the molecule is CC(=O)CC1CCC(c2ccc(C(C)=O)cc2)CC1. The van der Waals surface area contributed by atoms with Gasteiger partial charge in [-0.25, -0.2) is 0 Å². The largest absolute Gasteiger partial charge is 0.300 e. The van der Waals surface area contributed by atoms with Crippen LogP contribution in [0.4, 0.5) is 0 Å². The Morgan fingerprint density at radius 3 is 2.05 bits per heavy atom. The van der Waals surface area contributed by atoms with Crippen LogP contribution < -0.4 is 0 Å². The van der Waals surface area contributed by atoms with Crippen molar-refractivity contribution in [3.05, 3.63) is 35.4 Å². The first-order chi connectivity index (χ1) is 9.06. The van der Waals surface area contributed by atoms with E-state index in [0.29, 0.717) is 17.6 Å². The number of hydrogen-bond donors (Lipinski definition) is 0. The highest BCUT2D eigenvalue weighted by Crippen LogP contribution is 2.37. The van der Waals surface area contributed by atoms with Crippen molar-refractivity contribution < 1.29 is 9.59 Å². The standard InChI is InChI=1S/C17H22O2/c1-12(18)11-14-3-5-16(6-4-14)17-9-7-15(8-10-17)13(2)19/h7-10,14,16H,3-6,11H2,1-2H3. The molecule has 1 aliphatic carbocycles. The maximum Gasteiger partial charge on any atom is 0.159 e. The molecule has 0 atom stereocenters. The lowest BCUT2D eigenvalue weighted by Crippen LogP contribution is -2.15. The lowest BCUT2D eigenvalue weighted by atomic mass is 9.77. The minimum Gasteiger partial charge on any atom is -0.300 e. The number of benzene rings is 1. The quantitative estimate of drug-likeness (QED) is 0.760. The van der Waals surface area contributed by atoms with Crippen molar-refractivity contribution in [1.29, 1.82) is 0 Å². The Bertz CT molecular complexity index is 451. The predicted molar refractivity (Wildman–Crippen MR) is 76.4 cm³/mol. The molecule has 0 N–H and O–H groups in total. The summed E-state index contributed by atoms with van der Waals surface area (Å²) in [5.74, 6) is 1.63. The third-order valence-electron chi connectivity index (χ3n) is 4.21. The van der Waals surface area contributed by atoms with Crippen LogP contribution in [0.1, 0.15) is 67.8 Å². The number of carbonyl (C=O) groups is 2. The molecular weight excluding hydrogens is 236 g/mol. The van der Waals surface area contributed by atoms with Crippen molar-refractivity contribution in [2.24, 2.45) is 5.92 Å². The van der Waals surface area contributed by atoms with E-state index in [4.69, 9.17) is 0 Å². The molecular formula is C17H22O2. The molecule has 2 rings (SSSR count). The highest BCUT2D eigenvalue weighted by atomic mass is 16.1. The lowest BCUT2D eigenvalue weighted by molar-refractivity contribution is -0.118. The van der Waals surface area contributed by atoms with Gasteiger partial charge in [0.2, 0.25) is 0 Å². The van der Waals surface area contributed by atoms with E-state index in [-0.39, 0.29) is 5.78 Å². The van der Waals surface area contributed by atoms with Crippen molar-refractivity contribution in [3.63, 3.8) is 0 Å². The van der Waals surface area contributed by atoms with Crippen molar-refractivity contribution in [1.82, 2.24) is 0 Å². The van der Waals surface area contributed by atoms with Gasteiger partial charge in [-0.15, -0.1) is 0 Å². The Kier molecular flexibility index (Phi) is 4.52. The summed E-state index contributed by atoms with van der Waals surface area (Å²) in [6.45, 7) is 3.29. The Morgan fingerprint density at radius 2 is 1.58 bits per heavy atom. The van der Waals surface area contributed by atoms with E-state index >= 15 is 0 Å². The van der Waals surface area contributed by atoms with Gasteiger partial charge in [-0.05, 0) is 56.9 Å². The van der Waals surface area contributed by atoms with Crippen LogP contribution in [0, 0.1) is 5.92 Å². The van der Waals surface area contributed by atoms with Crippen LogP contribution in [0.25, 0.3) is 0 Å². The fourth-order valence-corrected chi connectivity index (χ4v) is 3.10. The highest BCUT2D eigenvalue weighted by Gasteiger charge is 2.23. The van der Waals surface area contributed by atoms with Crippen LogP contribution in [-0.2, 0) is 4.79 Å². The fraction of sp³-hybridized carbons (Fsp3) is 0.529. The van der Waals surface area contributed by atoms with E-state index in [0.717, 1.165) is 37.7 Å². The van der Waals surface area contributed by atoms with E-state index in [9.17, 15) is 9.59 Å². The minimum atomic E-state index is 0.122. The summed E-state index contributed by atoms with van der Waals surface area (Å²) in [6.07, 6.45) is 5.38. The van der Waals surface area contributed by atoms with Gasteiger partial charge in [-0.2, -0.15) is 0 Å². The van der Waals surface area contributed by atoms with Crippen molar-refractivity contribution in [2.45, 2.75) is 51.9 Å². The molecule has 0 saturated heterocycles. The van der Waals surface area contributed by atoms with Gasteiger partial charge in [0.15, 0.2) is 5.78 Å². The molecule has 0 heterocycles. The van der Waals surface area contributed by atoms with E-state index in [1.165, 1.54) is 5.56 Å². The zero-order valence-electron chi connectivity index (χ0n) is 11.8. The van der Waals surface area contributed by atoms with Crippen LogP contribution in [0.3, 0.4) is 0 Å². The average Bonchev–Trinajstić information content (AvgIpc) is 2.39. The van der Waals surface area contributed by atoms with Crippen LogP contribution in [-0.4, -0.2) is 11.6 Å². The van der Waals surface area contributed by atoms with Gasteiger partial charge >= 0.3 is 0 Å². The Labute approximate surface area is 115 Å². The van der Waals surface area contributed by atoms with E-state index in [1.807, 2.05) is 12.1 Å². The molecule has 0 radical (unpaired) electrons. The van der Waals surface area contributed by atoms with Crippen molar-refractivity contribution >= 4 is 11.6 Å². The summed E-state index contributed by atoms with van der Waals surface area (Å²) in [5, 5.41) is 0. The molecule has 0 aliphatic heterocycles. The normalized spacial score (nSPS) is 23.1. The van der Waals surface area contributed by atoms with E-state index in [1.54, 1.807) is 13.8 Å². The van der Waals surface area contributed by atoms with Gasteiger partial charge in [-0.3, -0.25) is 4.79 Å². The van der Waals surface area contributed by atoms with Crippen molar-refractivity contribution in [2.75, 3.05) is 0 Å². The molecule has 102 valence electrons. The molecule has 0 spiro atoms. The zero-order chi connectivity index (χ0) is 13.8. The van der Waals surface area contributed by atoms with E-state index in [2.05, 4.69) is 12.1 Å². The Morgan fingerprint density at radius 1 is 1.00 bits per heavy atom. The number of carbonyl (C=O) groups excluding carboxylic acids is 2. The summed E-state index contributed by atoms with van der Waals surface area (Å²) in [4.78, 5) is 22.4. The number of hydrogen-bond acceptors (Lipinski definition) is 2. The summed E-state index contributed by atoms with van der Waals surface area (Å²) in [7, 11) is 0. The molecule has 2 heteroatoms. The first kappa shape index (κ1) is 14.0. The molecule has 0 bridgehead atoms. The molecule has 1 saturated carbocycles. The molecule has 2 nitrogen and oxygen atoms in total. The van der Waals surface area contributed by atoms with Gasteiger partial charge in [0.05, 0.1) is 0 Å². The second kappa shape index (κ2) is 6.14. The number of Topliss-reactive ketones (excluding diaryl/α,β-unsaturated/α-hetero) is 2. The highest BCUT2D eigenvalue weighted by molar-refractivity contribution is 5.94. The molecule has 1 fully saturated rings. The second-order valence-corrected chi connectivity index (χ2v) is 5.80. The maximum absolute atomic E-state index is 11.2. The van der Waals surface area contributed by atoms with Gasteiger partial charge in [-0.1, -0.05) is 24.3 Å². The van der Waals surface area contributed by atoms with Gasteiger partial charge in [0.1, 0.15) is 5.78 Å². The monoisotopic (exact) mass is 258 g/mol. The molecule has 19 heavy (non-hydrogen) atoms. The summed E-state index contributed by atoms with van der Waals surface area (Å²) >= 11 is 0. The van der Waals surface area contributed by atoms with E-state index < -0.39 is 0 Å². The molecule has 1 aliphatic rings. The fourth-order valence-electron chi connectivity index (χ4n) is 3.10. The molecule has 0 aromatic heterocycles. The third kappa shape index (κ3) is 3.76. The summed E-state index contributed by atoms with van der Waals surface area (Å²) < 4.78 is 0. The molecule has 0 amide bonds. The maximum atomic E-state index is 11.2.